The molecule has 1 aromatic rings. The molecule has 0 amide bonds. The van der Waals surface area contributed by atoms with Gasteiger partial charge in [0.2, 0.25) is 0 Å². The molecule has 2 rings (SSSR count). The Morgan fingerprint density at radius 2 is 2.33 bits per heavy atom. The minimum atomic E-state index is 0.404. The molecule has 1 fully saturated rings. The lowest BCUT2D eigenvalue weighted by Crippen LogP contribution is -2.41. The number of nitrogen functional groups attached to an aromatic ring is 1. The Kier molecular flexibility index (Phi) is 3.01. The average molecular weight is 208 g/mol. The van der Waals surface area contributed by atoms with E-state index in [0.29, 0.717) is 18.0 Å². The van der Waals surface area contributed by atoms with Gasteiger partial charge in [-0.3, -0.25) is 4.98 Å². The van der Waals surface area contributed by atoms with E-state index in [9.17, 15) is 0 Å². The number of nitrogens with zero attached hydrogens (tertiary/aromatic N) is 2. The lowest BCUT2D eigenvalue weighted by Gasteiger charge is -2.35. The third-order valence-corrected chi connectivity index (χ3v) is 2.50. The standard InChI is InChI=1S/C10H16N4O/c1-2-15-8-3-7(4-8)13-10-6-12-5-9(11)14-10/h5-8H,2-4H2,1H3,(H3,11,13,14). The number of hydrogen-bond donors (Lipinski definition) is 2. The molecule has 0 unspecified atom stereocenters. The van der Waals surface area contributed by atoms with E-state index in [1.54, 1.807) is 6.20 Å². The van der Waals surface area contributed by atoms with Gasteiger partial charge in [0.25, 0.3) is 0 Å². The Morgan fingerprint density at radius 1 is 1.53 bits per heavy atom. The number of hydrogen-bond acceptors (Lipinski definition) is 5. The van der Waals surface area contributed by atoms with Crippen molar-refractivity contribution in [2.24, 2.45) is 0 Å². The first-order chi connectivity index (χ1) is 7.28. The molecule has 0 bridgehead atoms. The fraction of sp³-hybridized carbons (Fsp3) is 0.600. The fourth-order valence-electron chi connectivity index (χ4n) is 1.72. The molecule has 3 N–H and O–H groups in total. The highest BCUT2D eigenvalue weighted by Gasteiger charge is 2.29. The molecule has 1 saturated carbocycles. The van der Waals surface area contributed by atoms with Crippen LogP contribution < -0.4 is 11.1 Å². The Balaban J connectivity index is 1.80. The van der Waals surface area contributed by atoms with Crippen molar-refractivity contribution in [3.63, 3.8) is 0 Å². The molecule has 0 atom stereocenters. The van der Waals surface area contributed by atoms with E-state index < -0.39 is 0 Å². The van der Waals surface area contributed by atoms with E-state index in [1.165, 1.54) is 6.20 Å². The molecule has 82 valence electrons. The first-order valence-corrected chi connectivity index (χ1v) is 5.23. The van der Waals surface area contributed by atoms with Crippen molar-refractivity contribution in [1.29, 1.82) is 0 Å². The highest BCUT2D eigenvalue weighted by Crippen LogP contribution is 2.25. The Bertz CT molecular complexity index is 325. The van der Waals surface area contributed by atoms with E-state index in [1.807, 2.05) is 6.92 Å². The van der Waals surface area contributed by atoms with Crippen molar-refractivity contribution in [3.8, 4) is 0 Å². The van der Waals surface area contributed by atoms with Gasteiger partial charge in [-0.2, -0.15) is 0 Å². The topological polar surface area (TPSA) is 73.1 Å². The third-order valence-electron chi connectivity index (χ3n) is 2.50. The molecule has 5 heteroatoms. The fourth-order valence-corrected chi connectivity index (χ4v) is 1.72. The summed E-state index contributed by atoms with van der Waals surface area (Å²) in [5, 5.41) is 3.27. The number of ether oxygens (including phenoxy) is 1. The molecule has 1 aromatic heterocycles. The molecule has 15 heavy (non-hydrogen) atoms. The number of anilines is 2. The molecule has 1 aliphatic rings. The molecule has 0 spiro atoms. The first-order valence-electron chi connectivity index (χ1n) is 5.23. The SMILES string of the molecule is CCOC1CC(Nc2cncc(N)n2)C1. The number of aromatic nitrogens is 2. The van der Waals surface area contributed by atoms with Crippen LogP contribution in [-0.2, 0) is 4.74 Å². The first kappa shape index (κ1) is 10.2. The summed E-state index contributed by atoms with van der Waals surface area (Å²) < 4.78 is 5.47. The second-order valence-corrected chi connectivity index (χ2v) is 3.72. The van der Waals surface area contributed by atoms with E-state index in [4.69, 9.17) is 10.5 Å². The summed E-state index contributed by atoms with van der Waals surface area (Å²) in [5.41, 5.74) is 5.53. The van der Waals surface area contributed by atoms with Crippen molar-refractivity contribution in [2.45, 2.75) is 31.9 Å². The van der Waals surface area contributed by atoms with E-state index >= 15 is 0 Å². The highest BCUT2D eigenvalue weighted by atomic mass is 16.5. The molecule has 0 aliphatic heterocycles. The number of nitrogens with one attached hydrogen (secondary N) is 1. The predicted molar refractivity (Wildman–Crippen MR) is 58.5 cm³/mol. The monoisotopic (exact) mass is 208 g/mol. The lowest BCUT2D eigenvalue weighted by atomic mass is 9.89. The van der Waals surface area contributed by atoms with Gasteiger partial charge in [-0.15, -0.1) is 0 Å². The van der Waals surface area contributed by atoms with Crippen molar-refractivity contribution >= 4 is 11.6 Å². The van der Waals surface area contributed by atoms with Crippen LogP contribution in [0.3, 0.4) is 0 Å². The molecular formula is C10H16N4O. The van der Waals surface area contributed by atoms with Crippen LogP contribution in [-0.4, -0.2) is 28.7 Å². The van der Waals surface area contributed by atoms with Crippen LogP contribution in [0.15, 0.2) is 12.4 Å². The number of nitrogens with two attached hydrogens (primary N) is 1. The summed E-state index contributed by atoms with van der Waals surface area (Å²) in [7, 11) is 0. The van der Waals surface area contributed by atoms with Gasteiger partial charge in [0.05, 0.1) is 18.5 Å². The van der Waals surface area contributed by atoms with Crippen LogP contribution in [0.2, 0.25) is 0 Å². The zero-order valence-corrected chi connectivity index (χ0v) is 8.81. The highest BCUT2D eigenvalue weighted by molar-refractivity contribution is 5.39. The minimum absolute atomic E-state index is 0.404. The summed E-state index contributed by atoms with van der Waals surface area (Å²) in [5.74, 6) is 1.19. The average Bonchev–Trinajstić information content (AvgIpc) is 2.15. The van der Waals surface area contributed by atoms with Crippen LogP contribution in [0.5, 0.6) is 0 Å². The predicted octanol–water partition coefficient (Wildman–Crippen LogP) is 1.04. The Morgan fingerprint density at radius 3 is 3.00 bits per heavy atom. The molecular weight excluding hydrogens is 192 g/mol. The van der Waals surface area contributed by atoms with Crippen LogP contribution in [0, 0.1) is 0 Å². The van der Waals surface area contributed by atoms with Crippen LogP contribution in [0.4, 0.5) is 11.6 Å². The van der Waals surface area contributed by atoms with E-state index in [2.05, 4.69) is 15.3 Å². The second-order valence-electron chi connectivity index (χ2n) is 3.72. The Labute approximate surface area is 89.1 Å². The van der Waals surface area contributed by atoms with Gasteiger partial charge in [0, 0.05) is 12.6 Å². The lowest BCUT2D eigenvalue weighted by molar-refractivity contribution is 0.00292. The van der Waals surface area contributed by atoms with Crippen molar-refractivity contribution < 1.29 is 4.74 Å². The van der Waals surface area contributed by atoms with Crippen LogP contribution >= 0.6 is 0 Å². The van der Waals surface area contributed by atoms with E-state index in [-0.39, 0.29) is 0 Å². The van der Waals surface area contributed by atoms with Gasteiger partial charge < -0.3 is 15.8 Å². The van der Waals surface area contributed by atoms with Crippen molar-refractivity contribution in [2.75, 3.05) is 17.7 Å². The quantitative estimate of drug-likeness (QED) is 0.773. The normalized spacial score (nSPS) is 24.6. The van der Waals surface area contributed by atoms with Crippen molar-refractivity contribution in [1.82, 2.24) is 9.97 Å². The minimum Gasteiger partial charge on any atom is -0.382 e. The van der Waals surface area contributed by atoms with Crippen LogP contribution in [0.1, 0.15) is 19.8 Å². The van der Waals surface area contributed by atoms with Gasteiger partial charge in [-0.25, -0.2) is 4.98 Å². The van der Waals surface area contributed by atoms with Crippen LogP contribution in [0.25, 0.3) is 0 Å². The summed E-state index contributed by atoms with van der Waals surface area (Å²) in [6.45, 7) is 2.81. The summed E-state index contributed by atoms with van der Waals surface area (Å²) in [6, 6.07) is 0.442. The summed E-state index contributed by atoms with van der Waals surface area (Å²) in [6.07, 6.45) is 5.69. The maximum atomic E-state index is 5.53. The van der Waals surface area contributed by atoms with Gasteiger partial charge in [-0.05, 0) is 19.8 Å². The smallest absolute Gasteiger partial charge is 0.147 e. The summed E-state index contributed by atoms with van der Waals surface area (Å²) >= 11 is 0. The molecule has 5 nitrogen and oxygen atoms in total. The van der Waals surface area contributed by atoms with Gasteiger partial charge in [-0.1, -0.05) is 0 Å². The third kappa shape index (κ3) is 2.56. The summed E-state index contributed by atoms with van der Waals surface area (Å²) in [4.78, 5) is 8.10. The van der Waals surface area contributed by atoms with E-state index in [0.717, 1.165) is 25.3 Å². The van der Waals surface area contributed by atoms with Crippen molar-refractivity contribution in [3.05, 3.63) is 12.4 Å². The van der Waals surface area contributed by atoms with Gasteiger partial charge in [0.1, 0.15) is 11.6 Å². The van der Waals surface area contributed by atoms with Gasteiger partial charge >= 0.3 is 0 Å². The second kappa shape index (κ2) is 4.44. The number of rotatable bonds is 4. The van der Waals surface area contributed by atoms with Gasteiger partial charge in [0.15, 0.2) is 0 Å². The maximum Gasteiger partial charge on any atom is 0.147 e. The molecule has 0 saturated heterocycles. The zero-order chi connectivity index (χ0) is 10.7. The Hall–Kier alpha value is -1.36. The maximum absolute atomic E-state index is 5.53. The molecule has 0 aromatic carbocycles. The molecule has 0 radical (unpaired) electrons. The largest absolute Gasteiger partial charge is 0.382 e. The molecule has 1 aliphatic carbocycles. The molecule has 1 heterocycles. The zero-order valence-electron chi connectivity index (χ0n) is 8.81.